The molecule has 78 valence electrons. The zero-order valence-corrected chi connectivity index (χ0v) is 8.84. The fraction of sp³-hybridized carbons (Fsp3) is 1.00. The van der Waals surface area contributed by atoms with E-state index in [-0.39, 0.29) is 6.73 Å². The minimum absolute atomic E-state index is 0.247. The van der Waals surface area contributed by atoms with Crippen molar-refractivity contribution < 1.29 is 5.11 Å². The molecular formula is C11H23NO. The van der Waals surface area contributed by atoms with Crippen molar-refractivity contribution in [1.82, 2.24) is 4.90 Å². The number of aliphatic hydroxyl groups is 1. The van der Waals surface area contributed by atoms with Crippen molar-refractivity contribution in [2.24, 2.45) is 5.92 Å². The van der Waals surface area contributed by atoms with Crippen molar-refractivity contribution in [2.75, 3.05) is 19.8 Å². The van der Waals surface area contributed by atoms with E-state index in [0.717, 1.165) is 19.0 Å². The standard InChI is InChI=1S/C11H23NO/c1-2-3-8-12(10-13)9-11-6-4-5-7-11/h11,13H,2-10H2,1H3. The molecule has 1 N–H and O–H groups in total. The number of aliphatic hydroxyl groups excluding tert-OH is 1. The van der Waals surface area contributed by atoms with Crippen LogP contribution in [0.1, 0.15) is 45.4 Å². The fourth-order valence-electron chi connectivity index (χ4n) is 2.16. The second-order valence-electron chi connectivity index (χ2n) is 4.22. The second kappa shape index (κ2) is 6.39. The van der Waals surface area contributed by atoms with E-state index >= 15 is 0 Å². The van der Waals surface area contributed by atoms with Gasteiger partial charge in [-0.25, -0.2) is 0 Å². The van der Waals surface area contributed by atoms with Crippen LogP contribution in [0, 0.1) is 5.92 Å². The van der Waals surface area contributed by atoms with Gasteiger partial charge in [0.1, 0.15) is 0 Å². The zero-order valence-electron chi connectivity index (χ0n) is 8.84. The molecule has 0 bridgehead atoms. The van der Waals surface area contributed by atoms with Gasteiger partial charge in [-0.2, -0.15) is 0 Å². The lowest BCUT2D eigenvalue weighted by molar-refractivity contribution is 0.0907. The molecule has 0 spiro atoms. The van der Waals surface area contributed by atoms with E-state index in [1.54, 1.807) is 0 Å². The summed E-state index contributed by atoms with van der Waals surface area (Å²) < 4.78 is 0. The van der Waals surface area contributed by atoms with Crippen LogP contribution >= 0.6 is 0 Å². The minimum Gasteiger partial charge on any atom is -0.381 e. The summed E-state index contributed by atoms with van der Waals surface area (Å²) in [5.41, 5.74) is 0. The van der Waals surface area contributed by atoms with Crippen LogP contribution in [0.15, 0.2) is 0 Å². The van der Waals surface area contributed by atoms with E-state index in [1.165, 1.54) is 38.5 Å². The molecule has 1 aliphatic rings. The van der Waals surface area contributed by atoms with Crippen LogP contribution in [0.4, 0.5) is 0 Å². The molecule has 0 heterocycles. The van der Waals surface area contributed by atoms with Crippen molar-refractivity contribution in [3.05, 3.63) is 0 Å². The second-order valence-corrected chi connectivity index (χ2v) is 4.22. The highest BCUT2D eigenvalue weighted by molar-refractivity contribution is 4.70. The molecule has 0 aromatic rings. The lowest BCUT2D eigenvalue weighted by atomic mass is 10.1. The third kappa shape index (κ3) is 4.10. The molecule has 1 saturated carbocycles. The lowest BCUT2D eigenvalue weighted by Gasteiger charge is -2.22. The Labute approximate surface area is 81.9 Å². The molecule has 1 fully saturated rings. The van der Waals surface area contributed by atoms with E-state index in [0.29, 0.717) is 0 Å². The Morgan fingerprint density at radius 2 is 2.00 bits per heavy atom. The smallest absolute Gasteiger partial charge is 0.0956 e. The molecule has 0 unspecified atom stereocenters. The fourth-order valence-corrected chi connectivity index (χ4v) is 2.16. The number of rotatable bonds is 6. The van der Waals surface area contributed by atoms with Crippen LogP contribution in [0.5, 0.6) is 0 Å². The number of unbranched alkanes of at least 4 members (excludes halogenated alkanes) is 1. The maximum absolute atomic E-state index is 9.14. The first-order valence-electron chi connectivity index (χ1n) is 5.70. The van der Waals surface area contributed by atoms with Gasteiger partial charge < -0.3 is 5.11 Å². The average molecular weight is 185 g/mol. The van der Waals surface area contributed by atoms with Gasteiger partial charge in [0.25, 0.3) is 0 Å². The Morgan fingerprint density at radius 3 is 2.54 bits per heavy atom. The SMILES string of the molecule is CCCCN(CO)CC1CCCC1. The molecule has 0 atom stereocenters. The third-order valence-electron chi connectivity index (χ3n) is 3.02. The lowest BCUT2D eigenvalue weighted by Crippen LogP contribution is -2.30. The maximum atomic E-state index is 9.14. The van der Waals surface area contributed by atoms with Gasteiger partial charge in [0.05, 0.1) is 6.73 Å². The van der Waals surface area contributed by atoms with E-state index < -0.39 is 0 Å². The van der Waals surface area contributed by atoms with Gasteiger partial charge >= 0.3 is 0 Å². The van der Waals surface area contributed by atoms with E-state index in [4.69, 9.17) is 5.11 Å². The van der Waals surface area contributed by atoms with Gasteiger partial charge in [0, 0.05) is 13.1 Å². The third-order valence-corrected chi connectivity index (χ3v) is 3.02. The summed E-state index contributed by atoms with van der Waals surface area (Å²) in [5, 5.41) is 9.14. The molecule has 2 nitrogen and oxygen atoms in total. The molecule has 1 aliphatic carbocycles. The molecular weight excluding hydrogens is 162 g/mol. The van der Waals surface area contributed by atoms with Crippen molar-refractivity contribution >= 4 is 0 Å². The molecule has 2 heteroatoms. The van der Waals surface area contributed by atoms with Gasteiger partial charge in [0.2, 0.25) is 0 Å². The highest BCUT2D eigenvalue weighted by Gasteiger charge is 2.17. The van der Waals surface area contributed by atoms with E-state index in [1.807, 2.05) is 0 Å². The Hall–Kier alpha value is -0.0800. The Morgan fingerprint density at radius 1 is 1.31 bits per heavy atom. The summed E-state index contributed by atoms with van der Waals surface area (Å²) in [6.45, 7) is 4.64. The van der Waals surface area contributed by atoms with Gasteiger partial charge in [-0.1, -0.05) is 26.2 Å². The van der Waals surface area contributed by atoms with Gasteiger partial charge in [0.15, 0.2) is 0 Å². The largest absolute Gasteiger partial charge is 0.381 e. The predicted octanol–water partition coefficient (Wildman–Crippen LogP) is 2.23. The van der Waals surface area contributed by atoms with Crippen molar-refractivity contribution in [3.63, 3.8) is 0 Å². The maximum Gasteiger partial charge on any atom is 0.0956 e. The molecule has 0 aromatic carbocycles. The molecule has 13 heavy (non-hydrogen) atoms. The van der Waals surface area contributed by atoms with Gasteiger partial charge in [-0.15, -0.1) is 0 Å². The monoisotopic (exact) mass is 185 g/mol. The van der Waals surface area contributed by atoms with Crippen LogP contribution in [0.3, 0.4) is 0 Å². The van der Waals surface area contributed by atoms with Crippen LogP contribution in [-0.4, -0.2) is 29.8 Å². The zero-order chi connectivity index (χ0) is 9.52. The summed E-state index contributed by atoms with van der Waals surface area (Å²) in [6, 6.07) is 0. The highest BCUT2D eigenvalue weighted by atomic mass is 16.3. The van der Waals surface area contributed by atoms with Crippen molar-refractivity contribution in [2.45, 2.75) is 45.4 Å². The van der Waals surface area contributed by atoms with Crippen LogP contribution in [-0.2, 0) is 0 Å². The molecule has 0 aliphatic heterocycles. The summed E-state index contributed by atoms with van der Waals surface area (Å²) in [4.78, 5) is 2.19. The van der Waals surface area contributed by atoms with Gasteiger partial charge in [-0.05, 0) is 25.2 Å². The minimum atomic E-state index is 0.247. The summed E-state index contributed by atoms with van der Waals surface area (Å²) in [6.07, 6.45) is 8.00. The van der Waals surface area contributed by atoms with Crippen molar-refractivity contribution in [1.29, 1.82) is 0 Å². The highest BCUT2D eigenvalue weighted by Crippen LogP contribution is 2.25. The summed E-state index contributed by atoms with van der Waals surface area (Å²) >= 11 is 0. The Kier molecular flexibility index (Phi) is 5.40. The first-order chi connectivity index (χ1) is 6.36. The Bertz CT molecular complexity index is 121. The number of hydrogen-bond donors (Lipinski definition) is 1. The average Bonchev–Trinajstić information content (AvgIpc) is 2.64. The van der Waals surface area contributed by atoms with E-state index in [2.05, 4.69) is 11.8 Å². The molecule has 0 amide bonds. The van der Waals surface area contributed by atoms with Crippen LogP contribution in [0.2, 0.25) is 0 Å². The molecule has 0 saturated heterocycles. The Balaban J connectivity index is 2.13. The summed E-state index contributed by atoms with van der Waals surface area (Å²) in [7, 11) is 0. The van der Waals surface area contributed by atoms with Crippen LogP contribution < -0.4 is 0 Å². The number of nitrogens with zero attached hydrogens (tertiary/aromatic N) is 1. The van der Waals surface area contributed by atoms with Crippen molar-refractivity contribution in [3.8, 4) is 0 Å². The molecule has 1 rings (SSSR count). The topological polar surface area (TPSA) is 23.5 Å². The molecule has 0 radical (unpaired) electrons. The molecule has 0 aromatic heterocycles. The van der Waals surface area contributed by atoms with Gasteiger partial charge in [-0.3, -0.25) is 4.90 Å². The summed E-state index contributed by atoms with van der Waals surface area (Å²) in [5.74, 6) is 0.865. The number of hydrogen-bond acceptors (Lipinski definition) is 2. The van der Waals surface area contributed by atoms with E-state index in [9.17, 15) is 0 Å². The quantitative estimate of drug-likeness (QED) is 0.641. The first kappa shape index (κ1) is 11.0. The first-order valence-corrected chi connectivity index (χ1v) is 5.70. The van der Waals surface area contributed by atoms with Crippen LogP contribution in [0.25, 0.3) is 0 Å². The normalized spacial score (nSPS) is 18.7. The predicted molar refractivity (Wildman–Crippen MR) is 55.5 cm³/mol.